The van der Waals surface area contributed by atoms with Crippen molar-refractivity contribution in [2.75, 3.05) is 0 Å². The lowest BCUT2D eigenvalue weighted by Gasteiger charge is -2.28. The first-order chi connectivity index (χ1) is 15.8. The Hall–Kier alpha value is -2.59. The van der Waals surface area contributed by atoms with Crippen LogP contribution in [0.3, 0.4) is 0 Å². The van der Waals surface area contributed by atoms with Gasteiger partial charge in [0, 0.05) is 41.9 Å². The van der Waals surface area contributed by atoms with Crippen molar-refractivity contribution >= 4 is 56.7 Å². The molecule has 10 heteroatoms. The molecule has 0 unspecified atom stereocenters. The average Bonchev–Trinajstić information content (AvgIpc) is 3.55. The third kappa shape index (κ3) is 7.46. The van der Waals surface area contributed by atoms with Crippen LogP contribution in [0.1, 0.15) is 54.4 Å². The molecule has 176 valence electrons. The van der Waals surface area contributed by atoms with E-state index in [1.165, 1.54) is 23.1 Å². The molecule has 0 bridgehead atoms. The van der Waals surface area contributed by atoms with Crippen LogP contribution < -0.4 is 10.6 Å². The maximum atomic E-state index is 13.4. The molecule has 1 heterocycles. The van der Waals surface area contributed by atoms with Gasteiger partial charge in [-0.25, -0.2) is 18.8 Å². The summed E-state index contributed by atoms with van der Waals surface area (Å²) in [6.45, 7) is 7.37. The van der Waals surface area contributed by atoms with Crippen molar-refractivity contribution in [3.05, 3.63) is 48.0 Å². The third-order valence-corrected chi connectivity index (χ3v) is 6.78. The minimum Gasteiger partial charge on any atom is -0.349 e. The summed E-state index contributed by atoms with van der Waals surface area (Å²) in [6, 6.07) is -0.269. The SMILES string of the molecule is C=C/C=C/N=C(NC(=O)C1CC1)SC=Nc1scc(C(=O)NC2CCC(F)(F)CC2)c1C=C. The quantitative estimate of drug-likeness (QED) is 0.278. The number of aliphatic imine (C=N–C) groups is 2. The number of hydrogen-bond acceptors (Lipinski definition) is 6. The first-order valence-corrected chi connectivity index (χ1v) is 12.4. The number of amidine groups is 1. The highest BCUT2D eigenvalue weighted by Crippen LogP contribution is 2.35. The van der Waals surface area contributed by atoms with Crippen LogP contribution in [0, 0.1) is 5.92 Å². The molecule has 2 N–H and O–H groups in total. The highest BCUT2D eigenvalue weighted by Gasteiger charge is 2.35. The number of allylic oxidation sites excluding steroid dienone is 2. The summed E-state index contributed by atoms with van der Waals surface area (Å²) in [6.07, 6.45) is 8.14. The predicted octanol–water partition coefficient (Wildman–Crippen LogP) is 5.67. The van der Waals surface area contributed by atoms with E-state index in [0.717, 1.165) is 24.6 Å². The Kier molecular flexibility index (Phi) is 8.74. The molecule has 1 aromatic heterocycles. The Bertz CT molecular complexity index is 987. The number of thioether (sulfide) groups is 1. The number of amides is 2. The van der Waals surface area contributed by atoms with E-state index in [4.69, 9.17) is 0 Å². The molecule has 0 atom stereocenters. The van der Waals surface area contributed by atoms with Crippen LogP contribution in [0.2, 0.25) is 0 Å². The molecule has 2 aliphatic carbocycles. The molecule has 2 aliphatic rings. The zero-order valence-electron chi connectivity index (χ0n) is 18.1. The summed E-state index contributed by atoms with van der Waals surface area (Å²) in [5.74, 6) is -2.99. The topological polar surface area (TPSA) is 82.9 Å². The summed E-state index contributed by atoms with van der Waals surface area (Å²) in [7, 11) is 0. The fraction of sp³-hybridized carbons (Fsp3) is 0.391. The second kappa shape index (κ2) is 11.5. The van der Waals surface area contributed by atoms with Gasteiger partial charge >= 0.3 is 0 Å². The van der Waals surface area contributed by atoms with Crippen LogP contribution in [0.5, 0.6) is 0 Å². The first kappa shape index (κ1) is 25.0. The van der Waals surface area contributed by atoms with Crippen molar-refractivity contribution in [2.24, 2.45) is 15.9 Å². The van der Waals surface area contributed by atoms with E-state index in [9.17, 15) is 18.4 Å². The largest absolute Gasteiger partial charge is 0.349 e. The lowest BCUT2D eigenvalue weighted by atomic mass is 9.92. The van der Waals surface area contributed by atoms with Gasteiger partial charge in [0.05, 0.1) is 11.1 Å². The fourth-order valence-corrected chi connectivity index (χ4v) is 4.72. The molecule has 2 fully saturated rings. The molecule has 2 saturated carbocycles. The van der Waals surface area contributed by atoms with Gasteiger partial charge < -0.3 is 10.6 Å². The molecular formula is C23H26F2N4O2S2. The highest BCUT2D eigenvalue weighted by molar-refractivity contribution is 8.25. The molecule has 0 saturated heterocycles. The number of halogens is 2. The maximum Gasteiger partial charge on any atom is 0.253 e. The normalized spacial score (nSPS) is 19.0. The van der Waals surface area contributed by atoms with Crippen molar-refractivity contribution in [1.29, 1.82) is 0 Å². The monoisotopic (exact) mass is 492 g/mol. The number of nitrogens with zero attached hydrogens (tertiary/aromatic N) is 2. The highest BCUT2D eigenvalue weighted by atomic mass is 32.2. The van der Waals surface area contributed by atoms with E-state index >= 15 is 0 Å². The van der Waals surface area contributed by atoms with Crippen LogP contribution >= 0.6 is 23.1 Å². The molecule has 33 heavy (non-hydrogen) atoms. The molecule has 0 aromatic carbocycles. The molecule has 6 nitrogen and oxygen atoms in total. The standard InChI is InChI=1S/C23H26F2N4O2S2/c1-3-5-12-26-22(29-19(30)15-6-7-15)33-14-27-21-17(4-2)18(13-32-21)20(31)28-16-8-10-23(24,25)11-9-16/h3-5,12-16H,1-2,6-11H2,(H,28,31)(H,26,29,30)/b12-5+,27-14?. The number of carbonyl (C=O) groups excluding carboxylic acids is 2. The van der Waals surface area contributed by atoms with Crippen LogP contribution in [0.25, 0.3) is 6.08 Å². The van der Waals surface area contributed by atoms with Gasteiger partial charge in [0.1, 0.15) is 5.00 Å². The van der Waals surface area contributed by atoms with Gasteiger partial charge in [-0.3, -0.25) is 9.59 Å². The van der Waals surface area contributed by atoms with Crippen LogP contribution in [-0.2, 0) is 4.79 Å². The molecule has 0 spiro atoms. The van der Waals surface area contributed by atoms with E-state index < -0.39 is 5.92 Å². The molecule has 3 rings (SSSR count). The molecule has 1 aromatic rings. The number of hydrogen-bond donors (Lipinski definition) is 2. The van der Waals surface area contributed by atoms with Gasteiger partial charge in [-0.2, -0.15) is 0 Å². The van der Waals surface area contributed by atoms with Gasteiger partial charge in [0.2, 0.25) is 11.8 Å². The van der Waals surface area contributed by atoms with Gasteiger partial charge in [0.15, 0.2) is 5.17 Å². The van der Waals surface area contributed by atoms with Gasteiger partial charge in [-0.1, -0.05) is 25.3 Å². The fourth-order valence-electron chi connectivity index (χ4n) is 3.22. The minimum absolute atomic E-state index is 0.0391. The van der Waals surface area contributed by atoms with E-state index in [2.05, 4.69) is 33.8 Å². The molecule has 0 radical (unpaired) electrons. The number of carbonyl (C=O) groups is 2. The van der Waals surface area contributed by atoms with Crippen LogP contribution in [0.4, 0.5) is 13.8 Å². The zero-order chi connectivity index (χ0) is 23.8. The van der Waals surface area contributed by atoms with Crippen molar-refractivity contribution in [3.63, 3.8) is 0 Å². The summed E-state index contributed by atoms with van der Waals surface area (Å²) >= 11 is 2.42. The molecular weight excluding hydrogens is 466 g/mol. The van der Waals surface area contributed by atoms with Crippen molar-refractivity contribution in [1.82, 2.24) is 10.6 Å². The Morgan fingerprint density at radius 1 is 1.21 bits per heavy atom. The minimum atomic E-state index is -2.64. The van der Waals surface area contributed by atoms with E-state index in [1.54, 1.807) is 23.6 Å². The van der Waals surface area contributed by atoms with Gasteiger partial charge in [-0.05, 0) is 43.5 Å². The third-order valence-electron chi connectivity index (χ3n) is 5.24. The summed E-state index contributed by atoms with van der Waals surface area (Å²) < 4.78 is 26.7. The Labute approximate surface area is 200 Å². The Morgan fingerprint density at radius 3 is 2.58 bits per heavy atom. The van der Waals surface area contributed by atoms with Crippen LogP contribution in [-0.4, -0.2) is 34.5 Å². The first-order valence-electron chi connectivity index (χ1n) is 10.6. The Morgan fingerprint density at radius 2 is 1.94 bits per heavy atom. The zero-order valence-corrected chi connectivity index (χ0v) is 19.7. The van der Waals surface area contributed by atoms with Crippen molar-refractivity contribution < 1.29 is 18.4 Å². The van der Waals surface area contributed by atoms with Gasteiger partial charge in [0.25, 0.3) is 5.91 Å². The van der Waals surface area contributed by atoms with E-state index in [0.29, 0.717) is 21.3 Å². The summed E-state index contributed by atoms with van der Waals surface area (Å²) in [4.78, 5) is 33.4. The number of thiophene rings is 1. The van der Waals surface area contributed by atoms with E-state index in [-0.39, 0.29) is 49.5 Å². The lowest BCUT2D eigenvalue weighted by molar-refractivity contribution is -0.120. The van der Waals surface area contributed by atoms with E-state index in [1.807, 2.05) is 0 Å². The molecule has 0 aliphatic heterocycles. The maximum absolute atomic E-state index is 13.4. The Balaban J connectivity index is 1.64. The van der Waals surface area contributed by atoms with Gasteiger partial charge in [-0.15, -0.1) is 11.3 Å². The lowest BCUT2D eigenvalue weighted by Crippen LogP contribution is -2.40. The number of rotatable bonds is 8. The summed E-state index contributed by atoms with van der Waals surface area (Å²) in [5.41, 5.74) is 2.52. The second-order valence-corrected chi connectivity index (χ2v) is 9.49. The van der Waals surface area contributed by atoms with Crippen LogP contribution in [0.15, 0.2) is 46.9 Å². The smallest absolute Gasteiger partial charge is 0.253 e. The molecule has 2 amide bonds. The predicted molar refractivity (Wildman–Crippen MR) is 132 cm³/mol. The van der Waals surface area contributed by atoms with Crippen molar-refractivity contribution in [3.8, 4) is 0 Å². The summed E-state index contributed by atoms with van der Waals surface area (Å²) in [5, 5.41) is 8.28. The van der Waals surface area contributed by atoms with Crippen molar-refractivity contribution in [2.45, 2.75) is 50.5 Å². The second-order valence-electron chi connectivity index (χ2n) is 7.80. The average molecular weight is 493 g/mol. The number of alkyl halides is 2. The number of nitrogens with one attached hydrogen (secondary N) is 2.